The molecule has 8 heteroatoms. The van der Waals surface area contributed by atoms with Gasteiger partial charge in [-0.1, -0.05) is 42.5 Å². The molecule has 3 aromatic rings. The number of halogens is 1. The number of nitrogens with one attached hydrogen (secondary N) is 1. The minimum absolute atomic E-state index is 0. The number of carbonyl (C=O) groups is 1. The second kappa shape index (κ2) is 11.8. The first-order chi connectivity index (χ1) is 16.0. The number of methoxy groups -OCH3 is 1. The van der Waals surface area contributed by atoms with Gasteiger partial charge >= 0.3 is 0 Å². The predicted octanol–water partition coefficient (Wildman–Crippen LogP) is 4.10. The highest BCUT2D eigenvalue weighted by Gasteiger charge is 2.32. The second-order valence-electron chi connectivity index (χ2n) is 8.53. The third-order valence-corrected chi connectivity index (χ3v) is 5.90. The summed E-state index contributed by atoms with van der Waals surface area (Å²) in [4.78, 5) is 26.3. The number of aromatic nitrogens is 2. The number of anilines is 1. The molecule has 1 aromatic heterocycles. The minimum atomic E-state index is 0. The van der Waals surface area contributed by atoms with Gasteiger partial charge < -0.3 is 15.0 Å². The van der Waals surface area contributed by atoms with Gasteiger partial charge in [-0.2, -0.15) is 0 Å². The summed E-state index contributed by atoms with van der Waals surface area (Å²) < 4.78 is 5.33. The molecular weight excluding hydrogens is 450 g/mol. The number of nitrogens with zero attached hydrogens (tertiary/aromatic N) is 4. The normalized spacial score (nSPS) is 15.4. The van der Waals surface area contributed by atoms with Crippen LogP contribution in [0.25, 0.3) is 0 Å². The van der Waals surface area contributed by atoms with Crippen LogP contribution in [0.4, 0.5) is 5.82 Å². The standard InChI is InChI=1S/C26H31N5O2.ClH/c1-27-24-14-23(21-13-26(32)31(17-21)16-19-8-5-4-6-9-19)28-25(29-24)18-30(2)15-20-10-7-11-22(12-20)33-3;/h4-12,14,21H,13,15-18H2,1-3H3,(H,27,28,29);1H. The van der Waals surface area contributed by atoms with Crippen molar-refractivity contribution in [2.75, 3.05) is 33.1 Å². The van der Waals surface area contributed by atoms with E-state index >= 15 is 0 Å². The lowest BCUT2D eigenvalue weighted by molar-refractivity contribution is -0.128. The first-order valence-corrected chi connectivity index (χ1v) is 11.2. The molecule has 2 aromatic carbocycles. The van der Waals surface area contributed by atoms with Crippen LogP contribution in [-0.2, 0) is 24.4 Å². The number of likely N-dealkylation sites (tertiary alicyclic amines) is 1. The number of rotatable bonds is 9. The van der Waals surface area contributed by atoms with Crippen molar-refractivity contribution in [3.63, 3.8) is 0 Å². The van der Waals surface area contributed by atoms with Gasteiger partial charge in [0.05, 0.1) is 19.3 Å². The van der Waals surface area contributed by atoms with E-state index < -0.39 is 0 Å². The molecule has 1 unspecified atom stereocenters. The molecule has 0 saturated carbocycles. The molecule has 0 radical (unpaired) electrons. The first-order valence-electron chi connectivity index (χ1n) is 11.2. The number of benzene rings is 2. The van der Waals surface area contributed by atoms with Crippen molar-refractivity contribution in [3.05, 3.63) is 83.3 Å². The first kappa shape index (κ1) is 25.5. The maximum absolute atomic E-state index is 12.7. The Balaban J connectivity index is 0.00000324. The van der Waals surface area contributed by atoms with Gasteiger partial charge in [0.25, 0.3) is 0 Å². The van der Waals surface area contributed by atoms with E-state index in [1.54, 1.807) is 7.11 Å². The van der Waals surface area contributed by atoms with Crippen molar-refractivity contribution in [3.8, 4) is 5.75 Å². The molecule has 0 aliphatic carbocycles. The van der Waals surface area contributed by atoms with E-state index in [0.29, 0.717) is 26.1 Å². The molecule has 1 saturated heterocycles. The number of hydrogen-bond donors (Lipinski definition) is 1. The summed E-state index contributed by atoms with van der Waals surface area (Å²) in [7, 11) is 5.59. The Hall–Kier alpha value is -3.16. The Morgan fingerprint density at radius 1 is 1.06 bits per heavy atom. The number of hydrogen-bond acceptors (Lipinski definition) is 6. The van der Waals surface area contributed by atoms with Gasteiger partial charge in [0.2, 0.25) is 5.91 Å². The van der Waals surface area contributed by atoms with Crippen molar-refractivity contribution in [1.29, 1.82) is 0 Å². The fourth-order valence-electron chi connectivity index (χ4n) is 4.23. The van der Waals surface area contributed by atoms with Gasteiger partial charge in [-0.05, 0) is 30.3 Å². The van der Waals surface area contributed by atoms with Crippen LogP contribution in [0.3, 0.4) is 0 Å². The number of carbonyl (C=O) groups excluding carboxylic acids is 1. The smallest absolute Gasteiger partial charge is 0.223 e. The third kappa shape index (κ3) is 6.46. The van der Waals surface area contributed by atoms with Gasteiger partial charge in [-0.25, -0.2) is 9.97 Å². The van der Waals surface area contributed by atoms with E-state index in [-0.39, 0.29) is 24.2 Å². The van der Waals surface area contributed by atoms with Gasteiger partial charge in [0.15, 0.2) is 0 Å². The predicted molar refractivity (Wildman–Crippen MR) is 136 cm³/mol. The lowest BCUT2D eigenvalue weighted by Gasteiger charge is -2.19. The Bertz CT molecular complexity index is 1100. The van der Waals surface area contributed by atoms with E-state index in [4.69, 9.17) is 9.72 Å². The zero-order valence-corrected chi connectivity index (χ0v) is 20.7. The quantitative estimate of drug-likeness (QED) is 0.496. The van der Waals surface area contributed by atoms with E-state index in [1.807, 2.05) is 54.4 Å². The van der Waals surface area contributed by atoms with Crippen molar-refractivity contribution in [2.24, 2.45) is 0 Å². The van der Waals surface area contributed by atoms with Crippen LogP contribution in [0.5, 0.6) is 5.75 Å². The van der Waals surface area contributed by atoms with E-state index in [2.05, 4.69) is 40.4 Å². The Morgan fingerprint density at radius 2 is 1.82 bits per heavy atom. The molecular formula is C26H32ClN5O2. The molecule has 1 aliphatic rings. The molecule has 2 heterocycles. The molecule has 0 bridgehead atoms. The molecule has 1 amide bonds. The van der Waals surface area contributed by atoms with Gasteiger partial charge in [0.1, 0.15) is 17.4 Å². The summed E-state index contributed by atoms with van der Waals surface area (Å²) in [6, 6.07) is 20.1. The minimum Gasteiger partial charge on any atom is -0.497 e. The molecule has 0 spiro atoms. The monoisotopic (exact) mass is 481 g/mol. The van der Waals surface area contributed by atoms with Crippen LogP contribution in [0.15, 0.2) is 60.7 Å². The van der Waals surface area contributed by atoms with Crippen LogP contribution < -0.4 is 10.1 Å². The van der Waals surface area contributed by atoms with E-state index in [1.165, 1.54) is 5.56 Å². The maximum Gasteiger partial charge on any atom is 0.223 e. The van der Waals surface area contributed by atoms with Crippen LogP contribution in [0.2, 0.25) is 0 Å². The zero-order valence-electron chi connectivity index (χ0n) is 19.9. The lowest BCUT2D eigenvalue weighted by Crippen LogP contribution is -2.24. The summed E-state index contributed by atoms with van der Waals surface area (Å²) in [5, 5.41) is 3.15. The average Bonchev–Trinajstić information content (AvgIpc) is 3.19. The average molecular weight is 482 g/mol. The molecule has 1 aliphatic heterocycles. The molecule has 7 nitrogen and oxygen atoms in total. The van der Waals surface area contributed by atoms with Crippen LogP contribution in [0, 0.1) is 0 Å². The molecule has 1 atom stereocenters. The summed E-state index contributed by atoms with van der Waals surface area (Å²) in [6.07, 6.45) is 0.478. The van der Waals surface area contributed by atoms with Crippen LogP contribution in [0.1, 0.15) is 35.0 Å². The Labute approximate surface area is 207 Å². The largest absolute Gasteiger partial charge is 0.497 e. The van der Waals surface area contributed by atoms with Crippen molar-refractivity contribution in [2.45, 2.75) is 32.0 Å². The second-order valence-corrected chi connectivity index (χ2v) is 8.53. The van der Waals surface area contributed by atoms with Gasteiger partial charge in [-0.15, -0.1) is 12.4 Å². The third-order valence-electron chi connectivity index (χ3n) is 5.90. The van der Waals surface area contributed by atoms with E-state index in [9.17, 15) is 4.79 Å². The van der Waals surface area contributed by atoms with Crippen LogP contribution >= 0.6 is 12.4 Å². The maximum atomic E-state index is 12.7. The molecule has 1 N–H and O–H groups in total. The zero-order chi connectivity index (χ0) is 23.2. The Morgan fingerprint density at radius 3 is 2.56 bits per heavy atom. The lowest BCUT2D eigenvalue weighted by atomic mass is 10.0. The highest BCUT2D eigenvalue weighted by Crippen LogP contribution is 2.29. The van der Waals surface area contributed by atoms with Gasteiger partial charge in [0, 0.05) is 45.1 Å². The summed E-state index contributed by atoms with van der Waals surface area (Å²) in [6.45, 7) is 2.67. The summed E-state index contributed by atoms with van der Waals surface area (Å²) in [5.74, 6) is 2.61. The summed E-state index contributed by atoms with van der Waals surface area (Å²) in [5.41, 5.74) is 3.23. The van der Waals surface area contributed by atoms with Crippen LogP contribution in [-0.4, -0.2) is 53.4 Å². The molecule has 34 heavy (non-hydrogen) atoms. The highest BCUT2D eigenvalue weighted by molar-refractivity contribution is 5.85. The Kier molecular flexibility index (Phi) is 8.85. The fourth-order valence-corrected chi connectivity index (χ4v) is 4.23. The van der Waals surface area contributed by atoms with Crippen molar-refractivity contribution in [1.82, 2.24) is 19.8 Å². The SMILES string of the molecule is CNc1cc(C2CC(=O)N(Cc3ccccc3)C2)nc(CN(C)Cc2cccc(OC)c2)n1.Cl. The van der Waals surface area contributed by atoms with Crippen molar-refractivity contribution >= 4 is 24.1 Å². The number of ether oxygens (including phenoxy) is 1. The topological polar surface area (TPSA) is 70.6 Å². The van der Waals surface area contributed by atoms with Gasteiger partial charge in [-0.3, -0.25) is 9.69 Å². The highest BCUT2D eigenvalue weighted by atomic mass is 35.5. The fraction of sp³-hybridized carbons (Fsp3) is 0.346. The van der Waals surface area contributed by atoms with E-state index in [0.717, 1.165) is 35.2 Å². The number of amides is 1. The van der Waals surface area contributed by atoms with Crippen molar-refractivity contribution < 1.29 is 9.53 Å². The molecule has 180 valence electrons. The summed E-state index contributed by atoms with van der Waals surface area (Å²) >= 11 is 0. The molecule has 4 rings (SSSR count). The molecule has 1 fully saturated rings.